The third-order valence-corrected chi connectivity index (χ3v) is 4.22. The zero-order valence-electron chi connectivity index (χ0n) is 11.9. The standard InChI is InChI=1S/C15H15BrN2O3/c1-8(2)10-7-18(17-13(14(10)19)15(20)21)11-6-4-5-9(3)12(11)16/h4-8H,1-3H3,(H,20,21). The van der Waals surface area contributed by atoms with Gasteiger partial charge in [0.2, 0.25) is 11.1 Å². The molecule has 6 heteroatoms. The molecule has 0 aliphatic rings. The third kappa shape index (κ3) is 2.90. The van der Waals surface area contributed by atoms with Crippen LogP contribution in [0.1, 0.15) is 41.4 Å². The van der Waals surface area contributed by atoms with E-state index < -0.39 is 17.1 Å². The van der Waals surface area contributed by atoms with Crippen molar-refractivity contribution in [2.75, 3.05) is 0 Å². The summed E-state index contributed by atoms with van der Waals surface area (Å²) in [6, 6.07) is 5.59. The SMILES string of the molecule is Cc1cccc(-n2cc(C(C)C)c(=O)c(C(=O)O)n2)c1Br. The van der Waals surface area contributed by atoms with Crippen LogP contribution in [0.2, 0.25) is 0 Å². The summed E-state index contributed by atoms with van der Waals surface area (Å²) in [6.45, 7) is 5.62. The monoisotopic (exact) mass is 350 g/mol. The molecule has 0 saturated carbocycles. The van der Waals surface area contributed by atoms with Gasteiger partial charge in [-0.2, -0.15) is 5.10 Å². The Balaban J connectivity index is 2.78. The lowest BCUT2D eigenvalue weighted by molar-refractivity contribution is 0.0686. The molecule has 5 nitrogen and oxygen atoms in total. The Morgan fingerprint density at radius 3 is 2.62 bits per heavy atom. The van der Waals surface area contributed by atoms with Gasteiger partial charge in [0.15, 0.2) is 0 Å². The Bertz CT molecular complexity index is 766. The van der Waals surface area contributed by atoms with Crippen LogP contribution in [0.4, 0.5) is 0 Å². The average Bonchev–Trinajstić information content (AvgIpc) is 2.41. The van der Waals surface area contributed by atoms with Crippen molar-refractivity contribution in [2.45, 2.75) is 26.7 Å². The predicted molar refractivity (Wildman–Crippen MR) is 83.3 cm³/mol. The molecular formula is C15H15BrN2O3. The van der Waals surface area contributed by atoms with Gasteiger partial charge in [-0.3, -0.25) is 4.79 Å². The Hall–Kier alpha value is -1.95. The van der Waals surface area contributed by atoms with E-state index >= 15 is 0 Å². The number of benzene rings is 1. The lowest BCUT2D eigenvalue weighted by atomic mass is 10.0. The van der Waals surface area contributed by atoms with Gasteiger partial charge in [0.05, 0.1) is 5.69 Å². The summed E-state index contributed by atoms with van der Waals surface area (Å²) in [5.41, 5.74) is 1.12. The van der Waals surface area contributed by atoms with E-state index in [-0.39, 0.29) is 5.92 Å². The summed E-state index contributed by atoms with van der Waals surface area (Å²) in [7, 11) is 0. The molecule has 2 aromatic rings. The number of hydrogen-bond acceptors (Lipinski definition) is 3. The van der Waals surface area contributed by atoms with Gasteiger partial charge in [0.1, 0.15) is 0 Å². The molecule has 0 atom stereocenters. The number of carboxylic acid groups (broad SMARTS) is 1. The fourth-order valence-electron chi connectivity index (χ4n) is 1.99. The third-order valence-electron chi connectivity index (χ3n) is 3.19. The quantitative estimate of drug-likeness (QED) is 0.922. The molecule has 2 rings (SSSR count). The second kappa shape index (κ2) is 5.81. The van der Waals surface area contributed by atoms with Gasteiger partial charge in [0.25, 0.3) is 0 Å². The molecule has 0 fully saturated rings. The van der Waals surface area contributed by atoms with Crippen LogP contribution < -0.4 is 5.43 Å². The zero-order chi connectivity index (χ0) is 15.7. The van der Waals surface area contributed by atoms with E-state index in [0.29, 0.717) is 11.3 Å². The van der Waals surface area contributed by atoms with E-state index in [4.69, 9.17) is 0 Å². The predicted octanol–water partition coefficient (Wildman–Crippen LogP) is 3.13. The maximum atomic E-state index is 12.1. The van der Waals surface area contributed by atoms with Crippen molar-refractivity contribution in [1.82, 2.24) is 9.78 Å². The molecule has 1 heterocycles. The van der Waals surface area contributed by atoms with Gasteiger partial charge in [0, 0.05) is 16.2 Å². The molecule has 1 aromatic heterocycles. The van der Waals surface area contributed by atoms with Crippen molar-refractivity contribution < 1.29 is 9.90 Å². The number of halogens is 1. The van der Waals surface area contributed by atoms with E-state index in [1.165, 1.54) is 4.68 Å². The minimum absolute atomic E-state index is 0.0894. The molecule has 0 aliphatic heterocycles. The molecular weight excluding hydrogens is 336 g/mol. The van der Waals surface area contributed by atoms with Gasteiger partial charge < -0.3 is 5.11 Å². The zero-order valence-corrected chi connectivity index (χ0v) is 13.5. The maximum Gasteiger partial charge on any atom is 0.360 e. The second-order valence-corrected chi connectivity index (χ2v) is 5.87. The molecule has 1 aromatic carbocycles. The summed E-state index contributed by atoms with van der Waals surface area (Å²) < 4.78 is 2.25. The Morgan fingerprint density at radius 1 is 1.38 bits per heavy atom. The van der Waals surface area contributed by atoms with Gasteiger partial charge in [-0.25, -0.2) is 9.48 Å². The van der Waals surface area contributed by atoms with E-state index in [1.54, 1.807) is 6.20 Å². The highest BCUT2D eigenvalue weighted by atomic mass is 79.9. The minimum atomic E-state index is -1.32. The van der Waals surface area contributed by atoms with E-state index in [1.807, 2.05) is 39.0 Å². The first kappa shape index (κ1) is 15.4. The molecule has 1 N–H and O–H groups in total. The van der Waals surface area contributed by atoms with Crippen molar-refractivity contribution in [2.24, 2.45) is 0 Å². The van der Waals surface area contributed by atoms with Crippen LogP contribution in [0.3, 0.4) is 0 Å². The van der Waals surface area contributed by atoms with Crippen LogP contribution in [0.5, 0.6) is 0 Å². The average molecular weight is 351 g/mol. The lowest BCUT2D eigenvalue weighted by Crippen LogP contribution is -2.25. The molecule has 0 saturated heterocycles. The van der Waals surface area contributed by atoms with Crippen LogP contribution in [-0.2, 0) is 0 Å². The first-order chi connectivity index (χ1) is 9.82. The molecule has 0 unspecified atom stereocenters. The highest BCUT2D eigenvalue weighted by molar-refractivity contribution is 9.10. The van der Waals surface area contributed by atoms with Crippen LogP contribution in [-0.4, -0.2) is 20.9 Å². The Morgan fingerprint density at radius 2 is 2.05 bits per heavy atom. The van der Waals surface area contributed by atoms with Crippen molar-refractivity contribution in [3.05, 3.63) is 55.9 Å². The fraction of sp³-hybridized carbons (Fsp3) is 0.267. The Kier molecular flexibility index (Phi) is 4.27. The molecule has 0 aliphatic carbocycles. The number of aryl methyl sites for hydroxylation is 1. The molecule has 0 bridgehead atoms. The summed E-state index contributed by atoms with van der Waals surface area (Å²) in [5.74, 6) is -1.41. The van der Waals surface area contributed by atoms with Gasteiger partial charge in [-0.05, 0) is 40.4 Å². The van der Waals surface area contributed by atoms with Crippen molar-refractivity contribution in [1.29, 1.82) is 0 Å². The number of rotatable bonds is 3. The number of nitrogens with zero attached hydrogens (tertiary/aromatic N) is 2. The smallest absolute Gasteiger partial charge is 0.360 e. The molecule has 21 heavy (non-hydrogen) atoms. The molecule has 0 spiro atoms. The lowest BCUT2D eigenvalue weighted by Gasteiger charge is -2.13. The Labute approximate surface area is 130 Å². The first-order valence-electron chi connectivity index (χ1n) is 6.45. The van der Waals surface area contributed by atoms with Gasteiger partial charge in [-0.15, -0.1) is 0 Å². The van der Waals surface area contributed by atoms with Crippen molar-refractivity contribution in [3.63, 3.8) is 0 Å². The summed E-state index contributed by atoms with van der Waals surface area (Å²) in [6.07, 6.45) is 1.60. The number of aromatic nitrogens is 2. The summed E-state index contributed by atoms with van der Waals surface area (Å²) in [4.78, 5) is 23.4. The van der Waals surface area contributed by atoms with Crippen LogP contribution in [0.25, 0.3) is 5.69 Å². The fourth-order valence-corrected chi connectivity index (χ4v) is 2.44. The van der Waals surface area contributed by atoms with Crippen molar-refractivity contribution in [3.8, 4) is 5.69 Å². The summed E-state index contributed by atoms with van der Waals surface area (Å²) >= 11 is 3.47. The van der Waals surface area contributed by atoms with Crippen molar-refractivity contribution >= 4 is 21.9 Å². The number of aromatic carboxylic acids is 1. The van der Waals surface area contributed by atoms with E-state index in [0.717, 1.165) is 10.0 Å². The van der Waals surface area contributed by atoms with E-state index in [2.05, 4.69) is 21.0 Å². The van der Waals surface area contributed by atoms with Gasteiger partial charge >= 0.3 is 5.97 Å². The minimum Gasteiger partial charge on any atom is -0.476 e. The maximum absolute atomic E-state index is 12.1. The molecule has 0 radical (unpaired) electrons. The molecule has 0 amide bonds. The van der Waals surface area contributed by atoms with E-state index in [9.17, 15) is 14.7 Å². The number of hydrogen-bond donors (Lipinski definition) is 1. The largest absolute Gasteiger partial charge is 0.476 e. The second-order valence-electron chi connectivity index (χ2n) is 5.07. The van der Waals surface area contributed by atoms with Crippen LogP contribution in [0, 0.1) is 6.92 Å². The van der Waals surface area contributed by atoms with Crippen LogP contribution >= 0.6 is 15.9 Å². The summed E-state index contributed by atoms with van der Waals surface area (Å²) in [5, 5.41) is 13.1. The number of carbonyl (C=O) groups is 1. The molecule has 110 valence electrons. The normalized spacial score (nSPS) is 10.9. The first-order valence-corrected chi connectivity index (χ1v) is 7.25. The highest BCUT2D eigenvalue weighted by Gasteiger charge is 2.19. The van der Waals surface area contributed by atoms with Gasteiger partial charge in [-0.1, -0.05) is 26.0 Å². The highest BCUT2D eigenvalue weighted by Crippen LogP contribution is 2.24. The van der Waals surface area contributed by atoms with Crippen LogP contribution in [0.15, 0.2) is 33.7 Å². The number of carboxylic acids is 1. The topological polar surface area (TPSA) is 72.2 Å².